The maximum Gasteiger partial charge on any atom is 0.259 e. The Balaban J connectivity index is 2.85. The van der Waals surface area contributed by atoms with Gasteiger partial charge in [0.25, 0.3) is 5.56 Å². The molecule has 0 fully saturated rings. The molecule has 0 bridgehead atoms. The van der Waals surface area contributed by atoms with E-state index in [1.165, 1.54) is 22.2 Å². The maximum absolute atomic E-state index is 11.4. The average molecular weight is 193 g/mol. The molecule has 66 valence electrons. The van der Waals surface area contributed by atoms with Gasteiger partial charge in [-0.2, -0.15) is 0 Å². The van der Waals surface area contributed by atoms with Crippen molar-refractivity contribution in [3.63, 3.8) is 0 Å². The molecule has 5 heteroatoms. The second-order valence-corrected chi connectivity index (χ2v) is 3.27. The predicted molar refractivity (Wildman–Crippen MR) is 51.0 cm³/mol. The highest BCUT2D eigenvalue weighted by Gasteiger charge is 1.99. The van der Waals surface area contributed by atoms with Gasteiger partial charge < -0.3 is 0 Å². The molecule has 2 heterocycles. The molecule has 0 amide bonds. The molecular formula is C8H7N3OS. The van der Waals surface area contributed by atoms with Gasteiger partial charge in [0.1, 0.15) is 5.03 Å². The fourth-order valence-corrected chi connectivity index (χ4v) is 1.45. The molecule has 13 heavy (non-hydrogen) atoms. The number of rotatable bonds is 1. The Morgan fingerprint density at radius 3 is 3.15 bits per heavy atom. The van der Waals surface area contributed by atoms with E-state index in [9.17, 15) is 4.79 Å². The van der Waals surface area contributed by atoms with Gasteiger partial charge in [0.2, 0.25) is 0 Å². The summed E-state index contributed by atoms with van der Waals surface area (Å²) in [6, 6.07) is 1.51. The summed E-state index contributed by atoms with van der Waals surface area (Å²) in [6.45, 7) is 0. The van der Waals surface area contributed by atoms with Crippen molar-refractivity contribution in [2.75, 3.05) is 6.26 Å². The second kappa shape index (κ2) is 3.18. The first kappa shape index (κ1) is 8.25. The van der Waals surface area contributed by atoms with E-state index >= 15 is 0 Å². The summed E-state index contributed by atoms with van der Waals surface area (Å²) in [5.74, 6) is 0. The van der Waals surface area contributed by atoms with Gasteiger partial charge in [-0.15, -0.1) is 11.8 Å². The number of thioether (sulfide) groups is 1. The molecule has 0 radical (unpaired) electrons. The lowest BCUT2D eigenvalue weighted by Crippen LogP contribution is -2.13. The highest BCUT2D eigenvalue weighted by molar-refractivity contribution is 7.98. The van der Waals surface area contributed by atoms with Gasteiger partial charge in [-0.25, -0.2) is 4.98 Å². The normalized spacial score (nSPS) is 10.5. The monoisotopic (exact) mass is 193 g/mol. The van der Waals surface area contributed by atoms with E-state index in [-0.39, 0.29) is 5.56 Å². The standard InChI is InChI=1S/C8H7N3OS/c1-13-7-4-8(12)11-3-2-9-5-6(11)10-7/h2-5H,1H3. The van der Waals surface area contributed by atoms with E-state index in [0.717, 1.165) is 5.03 Å². The van der Waals surface area contributed by atoms with Crippen LogP contribution < -0.4 is 5.56 Å². The molecule has 0 aliphatic carbocycles. The Hall–Kier alpha value is -1.36. The molecule has 0 unspecified atom stereocenters. The highest BCUT2D eigenvalue weighted by atomic mass is 32.2. The third-order valence-corrected chi connectivity index (χ3v) is 2.28. The topological polar surface area (TPSA) is 47.3 Å². The van der Waals surface area contributed by atoms with Gasteiger partial charge in [-0.05, 0) is 6.26 Å². The van der Waals surface area contributed by atoms with Crippen molar-refractivity contribution in [1.82, 2.24) is 14.4 Å². The van der Waals surface area contributed by atoms with Crippen LogP contribution in [0.25, 0.3) is 5.65 Å². The van der Waals surface area contributed by atoms with Crippen molar-refractivity contribution in [3.8, 4) is 0 Å². The minimum absolute atomic E-state index is 0.0725. The first-order valence-electron chi connectivity index (χ1n) is 3.68. The van der Waals surface area contributed by atoms with Crippen molar-refractivity contribution in [2.24, 2.45) is 0 Å². The van der Waals surface area contributed by atoms with Gasteiger partial charge in [-0.3, -0.25) is 14.2 Å². The highest BCUT2D eigenvalue weighted by Crippen LogP contribution is 2.08. The van der Waals surface area contributed by atoms with Gasteiger partial charge in [0, 0.05) is 18.5 Å². The Bertz CT molecular complexity index is 494. The first-order chi connectivity index (χ1) is 6.31. The number of hydrogen-bond acceptors (Lipinski definition) is 4. The number of hydrogen-bond donors (Lipinski definition) is 0. The third kappa shape index (κ3) is 1.42. The second-order valence-electron chi connectivity index (χ2n) is 2.44. The number of fused-ring (bicyclic) bond motifs is 1. The van der Waals surface area contributed by atoms with Crippen LogP contribution in [0.15, 0.2) is 34.5 Å². The van der Waals surface area contributed by atoms with E-state index in [2.05, 4.69) is 9.97 Å². The van der Waals surface area contributed by atoms with Crippen LogP contribution in [0.5, 0.6) is 0 Å². The van der Waals surface area contributed by atoms with Crippen LogP contribution in [0.4, 0.5) is 0 Å². The summed E-state index contributed by atoms with van der Waals surface area (Å²) >= 11 is 1.45. The molecule has 0 aliphatic rings. The fourth-order valence-electron chi connectivity index (χ4n) is 1.05. The molecule has 0 atom stereocenters. The zero-order valence-corrected chi connectivity index (χ0v) is 7.78. The lowest BCUT2D eigenvalue weighted by molar-refractivity contribution is 0.967. The summed E-state index contributed by atoms with van der Waals surface area (Å²) in [5.41, 5.74) is 0.510. The molecule has 0 aliphatic heterocycles. The summed E-state index contributed by atoms with van der Waals surface area (Å²) in [5, 5.41) is 0.720. The summed E-state index contributed by atoms with van der Waals surface area (Å²) in [6.07, 6.45) is 6.62. The van der Waals surface area contributed by atoms with Crippen LogP contribution in [-0.4, -0.2) is 20.6 Å². The third-order valence-electron chi connectivity index (χ3n) is 1.66. The Morgan fingerprint density at radius 1 is 1.54 bits per heavy atom. The molecule has 0 saturated heterocycles. The van der Waals surface area contributed by atoms with E-state index in [1.807, 2.05) is 6.26 Å². The van der Waals surface area contributed by atoms with Gasteiger partial charge in [0.05, 0.1) is 6.20 Å². The van der Waals surface area contributed by atoms with E-state index < -0.39 is 0 Å². The van der Waals surface area contributed by atoms with Crippen LogP contribution in [0.2, 0.25) is 0 Å². The number of aromatic nitrogens is 3. The quantitative estimate of drug-likeness (QED) is 0.496. The largest absolute Gasteiger partial charge is 0.269 e. The molecule has 2 aromatic heterocycles. The smallest absolute Gasteiger partial charge is 0.259 e. The lowest BCUT2D eigenvalue weighted by atomic mass is 10.6. The molecule has 0 N–H and O–H groups in total. The van der Waals surface area contributed by atoms with Crippen molar-refractivity contribution < 1.29 is 0 Å². The van der Waals surface area contributed by atoms with E-state index in [1.54, 1.807) is 18.6 Å². The molecule has 2 rings (SSSR count). The van der Waals surface area contributed by atoms with Crippen LogP contribution in [-0.2, 0) is 0 Å². The van der Waals surface area contributed by atoms with Crippen LogP contribution in [0.3, 0.4) is 0 Å². The summed E-state index contributed by atoms with van der Waals surface area (Å²) < 4.78 is 1.46. The molecular weight excluding hydrogens is 186 g/mol. The predicted octanol–water partition coefficient (Wildman–Crippen LogP) is 0.811. The molecule has 4 nitrogen and oxygen atoms in total. The Morgan fingerprint density at radius 2 is 2.38 bits per heavy atom. The maximum atomic E-state index is 11.4. The van der Waals surface area contributed by atoms with Crippen LogP contribution in [0.1, 0.15) is 0 Å². The fraction of sp³-hybridized carbons (Fsp3) is 0.125. The zero-order valence-electron chi connectivity index (χ0n) is 6.97. The number of nitrogens with zero attached hydrogens (tertiary/aromatic N) is 3. The van der Waals surface area contributed by atoms with Gasteiger partial charge in [0.15, 0.2) is 5.65 Å². The van der Waals surface area contributed by atoms with Crippen molar-refractivity contribution in [3.05, 3.63) is 35.0 Å². The lowest BCUT2D eigenvalue weighted by Gasteiger charge is -1.99. The minimum atomic E-state index is -0.0725. The molecule has 2 aromatic rings. The van der Waals surface area contributed by atoms with E-state index in [0.29, 0.717) is 5.65 Å². The Labute approximate surface area is 78.6 Å². The summed E-state index contributed by atoms with van der Waals surface area (Å²) in [4.78, 5) is 19.6. The van der Waals surface area contributed by atoms with Crippen molar-refractivity contribution in [1.29, 1.82) is 0 Å². The molecule has 0 aromatic carbocycles. The SMILES string of the molecule is CSc1cc(=O)n2ccncc2n1. The zero-order chi connectivity index (χ0) is 9.26. The first-order valence-corrected chi connectivity index (χ1v) is 4.91. The molecule has 0 saturated carbocycles. The van der Waals surface area contributed by atoms with Crippen LogP contribution >= 0.6 is 11.8 Å². The Kier molecular flexibility index (Phi) is 2.02. The van der Waals surface area contributed by atoms with Crippen LogP contribution in [0, 0.1) is 0 Å². The average Bonchev–Trinajstić information content (AvgIpc) is 2.18. The van der Waals surface area contributed by atoms with Crippen molar-refractivity contribution in [2.45, 2.75) is 5.03 Å². The van der Waals surface area contributed by atoms with Gasteiger partial charge >= 0.3 is 0 Å². The van der Waals surface area contributed by atoms with Gasteiger partial charge in [-0.1, -0.05) is 0 Å². The van der Waals surface area contributed by atoms with Crippen molar-refractivity contribution >= 4 is 17.4 Å². The van der Waals surface area contributed by atoms with E-state index in [4.69, 9.17) is 0 Å². The minimum Gasteiger partial charge on any atom is -0.269 e. The molecule has 0 spiro atoms. The summed E-state index contributed by atoms with van der Waals surface area (Å²) in [7, 11) is 0.